The second-order valence-corrected chi connectivity index (χ2v) is 5.85. The van der Waals surface area contributed by atoms with Crippen molar-refractivity contribution in [1.29, 1.82) is 0 Å². The van der Waals surface area contributed by atoms with Gasteiger partial charge in [0.1, 0.15) is 5.78 Å². The third-order valence-electron chi connectivity index (χ3n) is 4.57. The second-order valence-electron chi connectivity index (χ2n) is 5.85. The molecule has 3 nitrogen and oxygen atoms in total. The summed E-state index contributed by atoms with van der Waals surface area (Å²) in [5.41, 5.74) is 1.27. The van der Waals surface area contributed by atoms with Crippen LogP contribution >= 0.6 is 0 Å². The van der Waals surface area contributed by atoms with Crippen LogP contribution in [0.5, 0.6) is 0 Å². The number of carbonyl (C=O) groups excluding carboxylic acids is 2. The molecule has 0 aromatic carbocycles. The third kappa shape index (κ3) is 2.50. The highest BCUT2D eigenvalue weighted by molar-refractivity contribution is 5.76. The number of ketones is 1. The van der Waals surface area contributed by atoms with Crippen LogP contribution in [0.1, 0.15) is 46.5 Å². The van der Waals surface area contributed by atoms with Gasteiger partial charge in [0.05, 0.1) is 12.2 Å². The third-order valence-corrected chi connectivity index (χ3v) is 4.57. The molecule has 0 bridgehead atoms. The highest BCUT2D eigenvalue weighted by Crippen LogP contribution is 2.45. The summed E-state index contributed by atoms with van der Waals surface area (Å²) < 4.78 is 5.16. The van der Waals surface area contributed by atoms with E-state index in [4.69, 9.17) is 4.74 Å². The van der Waals surface area contributed by atoms with E-state index in [1.165, 1.54) is 5.57 Å². The molecule has 4 atom stereocenters. The Hall–Kier alpha value is -1.12. The van der Waals surface area contributed by atoms with Gasteiger partial charge in [0.15, 0.2) is 0 Å². The first-order chi connectivity index (χ1) is 8.50. The van der Waals surface area contributed by atoms with Crippen LogP contribution in [0.15, 0.2) is 11.8 Å². The lowest BCUT2D eigenvalue weighted by atomic mass is 9.65. The maximum Gasteiger partial charge on any atom is 0.314 e. The second kappa shape index (κ2) is 5.25. The number of hydrogen-bond acceptors (Lipinski definition) is 3. The molecule has 1 heterocycles. The number of hydrogen-bond donors (Lipinski definition) is 0. The van der Waals surface area contributed by atoms with Gasteiger partial charge in [-0.2, -0.15) is 0 Å². The van der Waals surface area contributed by atoms with Crippen molar-refractivity contribution in [3.8, 4) is 0 Å². The van der Waals surface area contributed by atoms with Crippen molar-refractivity contribution in [2.24, 2.45) is 23.7 Å². The van der Waals surface area contributed by atoms with Gasteiger partial charge in [0.25, 0.3) is 0 Å². The van der Waals surface area contributed by atoms with Gasteiger partial charge in [-0.1, -0.05) is 13.8 Å². The van der Waals surface area contributed by atoms with Crippen molar-refractivity contribution in [2.75, 3.05) is 0 Å². The molecule has 0 aromatic rings. The molecular weight excluding hydrogens is 228 g/mol. The molecule has 1 aliphatic heterocycles. The van der Waals surface area contributed by atoms with Gasteiger partial charge in [-0.25, -0.2) is 0 Å². The summed E-state index contributed by atoms with van der Waals surface area (Å²) in [5.74, 6) is 1.42. The Morgan fingerprint density at radius 2 is 2.11 bits per heavy atom. The van der Waals surface area contributed by atoms with Crippen LogP contribution in [0.4, 0.5) is 0 Å². The lowest BCUT2D eigenvalue weighted by Crippen LogP contribution is -2.36. The molecule has 1 saturated carbocycles. The maximum atomic E-state index is 11.6. The summed E-state index contributed by atoms with van der Waals surface area (Å²) in [6, 6.07) is 0. The number of cyclic esters (lactones) is 1. The molecule has 2 aliphatic rings. The van der Waals surface area contributed by atoms with Crippen LogP contribution in [0.3, 0.4) is 0 Å². The number of allylic oxidation sites excluding steroid dienone is 1. The van der Waals surface area contributed by atoms with Gasteiger partial charge >= 0.3 is 5.97 Å². The molecule has 0 N–H and O–H groups in total. The zero-order valence-electron chi connectivity index (χ0n) is 11.4. The van der Waals surface area contributed by atoms with E-state index in [1.54, 1.807) is 13.2 Å². The Labute approximate surface area is 109 Å². The number of ether oxygens (including phenoxy) is 1. The quantitative estimate of drug-likeness (QED) is 0.723. The molecule has 1 aliphatic carbocycles. The minimum atomic E-state index is -0.108. The zero-order chi connectivity index (χ0) is 13.3. The molecule has 0 saturated heterocycles. The molecule has 0 spiro atoms. The van der Waals surface area contributed by atoms with Crippen LogP contribution in [0.25, 0.3) is 0 Å². The summed E-state index contributed by atoms with van der Waals surface area (Å²) in [7, 11) is 0. The fourth-order valence-electron chi connectivity index (χ4n) is 3.33. The summed E-state index contributed by atoms with van der Waals surface area (Å²) in [4.78, 5) is 22.7. The molecule has 100 valence electrons. The fourth-order valence-corrected chi connectivity index (χ4v) is 3.33. The minimum absolute atomic E-state index is 0.0303. The van der Waals surface area contributed by atoms with Crippen molar-refractivity contribution in [1.82, 2.24) is 0 Å². The first kappa shape index (κ1) is 13.3. The number of Topliss-reactive ketones (excluding diaryl/α,β-unsaturated/α-hetero) is 1. The normalized spacial score (nSPS) is 35.5. The summed E-state index contributed by atoms with van der Waals surface area (Å²) >= 11 is 0. The first-order valence-corrected chi connectivity index (χ1v) is 6.90. The zero-order valence-corrected chi connectivity index (χ0v) is 11.4. The highest BCUT2D eigenvalue weighted by Gasteiger charge is 2.40. The molecule has 4 unspecified atom stereocenters. The molecule has 0 amide bonds. The monoisotopic (exact) mass is 250 g/mol. The molecule has 3 heteroatoms. The Morgan fingerprint density at radius 3 is 2.78 bits per heavy atom. The predicted octanol–water partition coefficient (Wildman–Crippen LogP) is 3.09. The minimum Gasteiger partial charge on any atom is -0.434 e. The SMILES string of the molecule is CC(=O)CCC1C2=COC(=O)C(C)C2CCC1C. The fraction of sp³-hybridized carbons (Fsp3) is 0.733. The van der Waals surface area contributed by atoms with E-state index in [2.05, 4.69) is 6.92 Å². The maximum absolute atomic E-state index is 11.6. The van der Waals surface area contributed by atoms with E-state index in [9.17, 15) is 9.59 Å². The smallest absolute Gasteiger partial charge is 0.314 e. The Bertz CT molecular complexity index is 383. The standard InChI is InChI=1S/C15H22O3/c1-9-4-6-13-11(3)15(17)18-8-14(13)12(9)7-5-10(2)16/h8-9,11-13H,4-7H2,1-3H3. The number of rotatable bonds is 3. The van der Waals surface area contributed by atoms with E-state index in [0.717, 1.165) is 19.3 Å². The summed E-state index contributed by atoms with van der Waals surface area (Å²) in [6.07, 6.45) is 5.40. The van der Waals surface area contributed by atoms with Gasteiger partial charge < -0.3 is 9.53 Å². The number of esters is 1. The van der Waals surface area contributed by atoms with Gasteiger partial charge in [-0.15, -0.1) is 0 Å². The molecule has 0 radical (unpaired) electrons. The largest absolute Gasteiger partial charge is 0.434 e. The Morgan fingerprint density at radius 1 is 1.39 bits per heavy atom. The van der Waals surface area contributed by atoms with Crippen LogP contribution in [-0.2, 0) is 14.3 Å². The Balaban J connectivity index is 2.16. The molecule has 18 heavy (non-hydrogen) atoms. The van der Waals surface area contributed by atoms with Crippen LogP contribution in [0, 0.1) is 23.7 Å². The highest BCUT2D eigenvalue weighted by atomic mass is 16.5. The number of carbonyl (C=O) groups is 2. The molecule has 2 rings (SSSR count). The predicted molar refractivity (Wildman–Crippen MR) is 68.6 cm³/mol. The van der Waals surface area contributed by atoms with E-state index in [0.29, 0.717) is 24.2 Å². The first-order valence-electron chi connectivity index (χ1n) is 6.90. The van der Waals surface area contributed by atoms with Gasteiger partial charge in [0.2, 0.25) is 0 Å². The van der Waals surface area contributed by atoms with Gasteiger partial charge in [0, 0.05) is 6.42 Å². The molecular formula is C15H22O3. The van der Waals surface area contributed by atoms with Crippen LogP contribution in [0.2, 0.25) is 0 Å². The van der Waals surface area contributed by atoms with Crippen LogP contribution in [-0.4, -0.2) is 11.8 Å². The van der Waals surface area contributed by atoms with Crippen molar-refractivity contribution in [3.05, 3.63) is 11.8 Å². The molecule has 1 fully saturated rings. The van der Waals surface area contributed by atoms with E-state index < -0.39 is 0 Å². The van der Waals surface area contributed by atoms with Crippen molar-refractivity contribution in [2.45, 2.75) is 46.5 Å². The Kier molecular flexibility index (Phi) is 3.88. The van der Waals surface area contributed by atoms with Crippen molar-refractivity contribution in [3.63, 3.8) is 0 Å². The molecule has 0 aromatic heterocycles. The lowest BCUT2D eigenvalue weighted by Gasteiger charge is -2.40. The summed E-state index contributed by atoms with van der Waals surface area (Å²) in [5, 5.41) is 0. The van der Waals surface area contributed by atoms with Gasteiger partial charge in [-0.05, 0) is 49.5 Å². The summed E-state index contributed by atoms with van der Waals surface area (Å²) in [6.45, 7) is 5.84. The lowest BCUT2D eigenvalue weighted by molar-refractivity contribution is -0.146. The van der Waals surface area contributed by atoms with E-state index in [-0.39, 0.29) is 17.7 Å². The average molecular weight is 250 g/mol. The average Bonchev–Trinajstić information content (AvgIpc) is 2.32. The van der Waals surface area contributed by atoms with Gasteiger partial charge in [-0.3, -0.25) is 4.79 Å². The number of fused-ring (bicyclic) bond motifs is 1. The van der Waals surface area contributed by atoms with E-state index >= 15 is 0 Å². The van der Waals surface area contributed by atoms with Crippen molar-refractivity contribution < 1.29 is 14.3 Å². The van der Waals surface area contributed by atoms with Crippen LogP contribution < -0.4 is 0 Å². The van der Waals surface area contributed by atoms with E-state index in [1.807, 2.05) is 6.92 Å². The van der Waals surface area contributed by atoms with Crippen molar-refractivity contribution >= 4 is 11.8 Å². The topological polar surface area (TPSA) is 43.4 Å².